The van der Waals surface area contributed by atoms with Crippen molar-refractivity contribution in [3.8, 4) is 5.75 Å². The van der Waals surface area contributed by atoms with Crippen LogP contribution >= 0.6 is 0 Å². The van der Waals surface area contributed by atoms with Gasteiger partial charge in [-0.25, -0.2) is 0 Å². The predicted molar refractivity (Wildman–Crippen MR) is 89.5 cm³/mol. The van der Waals surface area contributed by atoms with Crippen LogP contribution < -0.4 is 15.0 Å². The monoisotopic (exact) mass is 325 g/mol. The number of methoxy groups -OCH3 is 1. The van der Waals surface area contributed by atoms with Crippen LogP contribution in [0.5, 0.6) is 5.75 Å². The molecule has 6 nitrogen and oxygen atoms in total. The van der Waals surface area contributed by atoms with Crippen molar-refractivity contribution in [2.24, 2.45) is 5.92 Å². The zero-order valence-corrected chi connectivity index (χ0v) is 13.4. The molecule has 0 saturated carbocycles. The molecule has 1 aliphatic heterocycles. The number of ether oxygens (including phenoxy) is 1. The van der Waals surface area contributed by atoms with Gasteiger partial charge < -0.3 is 15.0 Å². The van der Waals surface area contributed by atoms with Gasteiger partial charge in [0.25, 0.3) is 0 Å². The number of hydrogen-bond acceptors (Lipinski definition) is 4. The Balaban J connectivity index is 1.62. The zero-order valence-electron chi connectivity index (χ0n) is 13.4. The van der Waals surface area contributed by atoms with Crippen molar-refractivity contribution in [2.75, 3.05) is 18.6 Å². The molecule has 6 heteroatoms. The number of carbonyl (C=O) groups is 2. The molecule has 2 amide bonds. The maximum Gasteiger partial charge on any atom is 0.227 e. The number of pyridine rings is 1. The molecule has 0 spiro atoms. The predicted octanol–water partition coefficient (Wildman–Crippen LogP) is 1.76. The van der Waals surface area contributed by atoms with E-state index in [4.69, 9.17) is 4.74 Å². The number of anilines is 1. The summed E-state index contributed by atoms with van der Waals surface area (Å²) in [5.41, 5.74) is 1.73. The Morgan fingerprint density at radius 2 is 2.12 bits per heavy atom. The topological polar surface area (TPSA) is 71.5 Å². The van der Waals surface area contributed by atoms with Gasteiger partial charge in [0.05, 0.1) is 13.0 Å². The van der Waals surface area contributed by atoms with E-state index < -0.39 is 0 Å². The molecule has 1 atom stereocenters. The lowest BCUT2D eigenvalue weighted by Crippen LogP contribution is -2.32. The van der Waals surface area contributed by atoms with Crippen molar-refractivity contribution in [2.45, 2.75) is 13.0 Å². The van der Waals surface area contributed by atoms with Gasteiger partial charge in [-0.1, -0.05) is 6.07 Å². The largest absolute Gasteiger partial charge is 0.497 e. The SMILES string of the molecule is COc1cccc(N2C[C@H](C(=O)NCc3ccncc3)CC2=O)c1. The molecule has 0 aliphatic carbocycles. The minimum absolute atomic E-state index is 0.0488. The highest BCUT2D eigenvalue weighted by molar-refractivity contribution is 6.00. The van der Waals surface area contributed by atoms with Crippen LogP contribution in [0.25, 0.3) is 0 Å². The molecular formula is C18H19N3O3. The Morgan fingerprint density at radius 1 is 1.33 bits per heavy atom. The van der Waals surface area contributed by atoms with Crippen molar-refractivity contribution in [3.05, 3.63) is 54.4 Å². The number of nitrogens with zero attached hydrogens (tertiary/aromatic N) is 2. The van der Waals surface area contributed by atoms with E-state index in [1.165, 1.54) is 0 Å². The highest BCUT2D eigenvalue weighted by atomic mass is 16.5. The van der Waals surface area contributed by atoms with Crippen LogP contribution in [0, 0.1) is 5.92 Å². The van der Waals surface area contributed by atoms with E-state index in [-0.39, 0.29) is 24.2 Å². The number of amides is 2. The second-order valence-corrected chi connectivity index (χ2v) is 5.68. The Hall–Kier alpha value is -2.89. The first-order valence-corrected chi connectivity index (χ1v) is 7.78. The molecule has 3 rings (SSSR count). The van der Waals surface area contributed by atoms with Crippen LogP contribution in [0.15, 0.2) is 48.8 Å². The minimum atomic E-state index is -0.342. The number of rotatable bonds is 5. The van der Waals surface area contributed by atoms with Crippen LogP contribution in [-0.2, 0) is 16.1 Å². The average molecular weight is 325 g/mol. The molecule has 1 N–H and O–H groups in total. The summed E-state index contributed by atoms with van der Waals surface area (Å²) in [5, 5.41) is 2.89. The quantitative estimate of drug-likeness (QED) is 0.909. The summed E-state index contributed by atoms with van der Waals surface area (Å²) in [7, 11) is 1.58. The Morgan fingerprint density at radius 3 is 2.88 bits per heavy atom. The molecule has 1 saturated heterocycles. The second kappa shape index (κ2) is 7.12. The summed E-state index contributed by atoms with van der Waals surface area (Å²) >= 11 is 0. The average Bonchev–Trinajstić information content (AvgIpc) is 3.02. The molecule has 1 aliphatic rings. The Kier molecular flexibility index (Phi) is 4.74. The summed E-state index contributed by atoms with van der Waals surface area (Å²) in [6.07, 6.45) is 3.59. The molecule has 2 aromatic rings. The van der Waals surface area contributed by atoms with Crippen molar-refractivity contribution in [1.29, 1.82) is 0 Å². The van der Waals surface area contributed by atoms with Gasteiger partial charge in [-0.15, -0.1) is 0 Å². The van der Waals surface area contributed by atoms with Crippen LogP contribution in [0.4, 0.5) is 5.69 Å². The van der Waals surface area contributed by atoms with Gasteiger partial charge in [-0.2, -0.15) is 0 Å². The van der Waals surface area contributed by atoms with Gasteiger partial charge in [0.15, 0.2) is 0 Å². The number of aromatic nitrogens is 1. The third-order valence-electron chi connectivity index (χ3n) is 4.08. The van der Waals surface area contributed by atoms with Crippen LogP contribution in [0.2, 0.25) is 0 Å². The van der Waals surface area contributed by atoms with Crippen LogP contribution in [-0.4, -0.2) is 30.5 Å². The fraction of sp³-hybridized carbons (Fsp3) is 0.278. The molecule has 0 bridgehead atoms. The first-order chi connectivity index (χ1) is 11.7. The van der Waals surface area contributed by atoms with E-state index >= 15 is 0 Å². The molecule has 1 fully saturated rings. The van der Waals surface area contributed by atoms with E-state index in [0.717, 1.165) is 11.3 Å². The van der Waals surface area contributed by atoms with E-state index in [0.29, 0.717) is 18.8 Å². The highest BCUT2D eigenvalue weighted by Crippen LogP contribution is 2.27. The molecule has 2 heterocycles. The number of nitrogens with one attached hydrogen (secondary N) is 1. The minimum Gasteiger partial charge on any atom is -0.497 e. The number of benzene rings is 1. The van der Waals surface area contributed by atoms with Gasteiger partial charge in [0.1, 0.15) is 5.75 Å². The summed E-state index contributed by atoms with van der Waals surface area (Å²) in [6, 6.07) is 11.0. The lowest BCUT2D eigenvalue weighted by Gasteiger charge is -2.17. The van der Waals surface area contributed by atoms with Gasteiger partial charge in [0, 0.05) is 43.7 Å². The summed E-state index contributed by atoms with van der Waals surface area (Å²) in [4.78, 5) is 30.2. The molecule has 1 aromatic heterocycles. The maximum atomic E-state index is 12.3. The first-order valence-electron chi connectivity index (χ1n) is 7.78. The molecule has 24 heavy (non-hydrogen) atoms. The number of hydrogen-bond donors (Lipinski definition) is 1. The van der Waals surface area contributed by atoms with E-state index in [1.807, 2.05) is 30.3 Å². The summed E-state index contributed by atoms with van der Waals surface area (Å²) in [5.74, 6) is 0.189. The molecule has 1 aromatic carbocycles. The Labute approximate surface area is 140 Å². The molecule has 0 radical (unpaired) electrons. The van der Waals surface area contributed by atoms with Crippen molar-refractivity contribution in [3.63, 3.8) is 0 Å². The van der Waals surface area contributed by atoms with Gasteiger partial charge >= 0.3 is 0 Å². The third kappa shape index (κ3) is 3.53. The first kappa shape index (κ1) is 16.0. The third-order valence-corrected chi connectivity index (χ3v) is 4.08. The van der Waals surface area contributed by atoms with Crippen molar-refractivity contribution < 1.29 is 14.3 Å². The van der Waals surface area contributed by atoms with E-state index in [2.05, 4.69) is 10.3 Å². The normalized spacial score (nSPS) is 17.0. The molecular weight excluding hydrogens is 306 g/mol. The second-order valence-electron chi connectivity index (χ2n) is 5.68. The highest BCUT2D eigenvalue weighted by Gasteiger charge is 2.35. The van der Waals surface area contributed by atoms with Gasteiger partial charge in [0.2, 0.25) is 11.8 Å². The van der Waals surface area contributed by atoms with Gasteiger partial charge in [-0.3, -0.25) is 14.6 Å². The van der Waals surface area contributed by atoms with E-state index in [1.54, 1.807) is 30.5 Å². The van der Waals surface area contributed by atoms with Crippen molar-refractivity contribution >= 4 is 17.5 Å². The summed E-state index contributed by atoms with van der Waals surface area (Å²) < 4.78 is 5.19. The smallest absolute Gasteiger partial charge is 0.227 e. The fourth-order valence-electron chi connectivity index (χ4n) is 2.75. The summed E-state index contributed by atoms with van der Waals surface area (Å²) in [6.45, 7) is 0.819. The molecule has 0 unspecified atom stereocenters. The lowest BCUT2D eigenvalue weighted by atomic mass is 10.1. The zero-order chi connectivity index (χ0) is 16.9. The van der Waals surface area contributed by atoms with Crippen LogP contribution in [0.3, 0.4) is 0 Å². The van der Waals surface area contributed by atoms with Gasteiger partial charge in [-0.05, 0) is 29.8 Å². The fourth-order valence-corrected chi connectivity index (χ4v) is 2.75. The number of carbonyl (C=O) groups excluding carboxylic acids is 2. The maximum absolute atomic E-state index is 12.3. The van der Waals surface area contributed by atoms with Crippen molar-refractivity contribution in [1.82, 2.24) is 10.3 Å². The molecule has 124 valence electrons. The Bertz CT molecular complexity index is 733. The van der Waals surface area contributed by atoms with E-state index in [9.17, 15) is 9.59 Å². The van der Waals surface area contributed by atoms with Crippen LogP contribution in [0.1, 0.15) is 12.0 Å². The lowest BCUT2D eigenvalue weighted by molar-refractivity contribution is -0.126. The standard InChI is InChI=1S/C18H19N3O3/c1-24-16-4-2-3-15(10-16)21-12-14(9-17(21)22)18(23)20-11-13-5-7-19-8-6-13/h2-8,10,14H,9,11-12H2,1H3,(H,20,23)/t14-/m1/s1.